The van der Waals surface area contributed by atoms with Crippen LogP contribution in [-0.4, -0.2) is 28.9 Å². The summed E-state index contributed by atoms with van der Waals surface area (Å²) < 4.78 is 8.31. The summed E-state index contributed by atoms with van der Waals surface area (Å²) in [5.74, 6) is -0.111. The van der Waals surface area contributed by atoms with E-state index in [1.54, 1.807) is 12.3 Å². The molecule has 0 atom stereocenters. The molecule has 1 aliphatic rings. The van der Waals surface area contributed by atoms with Gasteiger partial charge in [0.1, 0.15) is 0 Å². The summed E-state index contributed by atoms with van der Waals surface area (Å²) in [6, 6.07) is 7.86. The predicted molar refractivity (Wildman–Crippen MR) is 88.4 cm³/mol. The van der Waals surface area contributed by atoms with Crippen LogP contribution in [0, 0.1) is 3.57 Å². The zero-order valence-electron chi connectivity index (χ0n) is 11.5. The lowest BCUT2D eigenvalue weighted by atomic mass is 10.1. The summed E-state index contributed by atoms with van der Waals surface area (Å²) in [7, 11) is 0. The highest BCUT2D eigenvalue weighted by atomic mass is 127. The zero-order valence-corrected chi connectivity index (χ0v) is 13.6. The van der Waals surface area contributed by atoms with Gasteiger partial charge in [-0.2, -0.15) is 5.10 Å². The van der Waals surface area contributed by atoms with Crippen molar-refractivity contribution in [2.45, 2.75) is 18.9 Å². The Hall–Kier alpha value is -1.41. The molecule has 2 heterocycles. The first-order valence-electron chi connectivity index (χ1n) is 6.91. The van der Waals surface area contributed by atoms with E-state index in [0.29, 0.717) is 11.6 Å². The van der Waals surface area contributed by atoms with Crippen molar-refractivity contribution in [1.82, 2.24) is 9.78 Å². The molecule has 1 aromatic heterocycles. The minimum Gasteiger partial charge on any atom is -0.381 e. The number of benzene rings is 1. The van der Waals surface area contributed by atoms with Crippen molar-refractivity contribution in [3.63, 3.8) is 0 Å². The van der Waals surface area contributed by atoms with E-state index in [0.717, 1.165) is 35.3 Å². The van der Waals surface area contributed by atoms with Crippen molar-refractivity contribution in [1.29, 1.82) is 0 Å². The molecule has 0 bridgehead atoms. The maximum atomic E-state index is 12.2. The largest absolute Gasteiger partial charge is 0.381 e. The molecule has 0 saturated carbocycles. The van der Waals surface area contributed by atoms with E-state index in [2.05, 4.69) is 33.0 Å². The molecular formula is C15H16IN3O2. The van der Waals surface area contributed by atoms with Crippen LogP contribution in [0.3, 0.4) is 0 Å². The van der Waals surface area contributed by atoms with Gasteiger partial charge in [-0.25, -0.2) is 0 Å². The van der Waals surface area contributed by atoms with Crippen molar-refractivity contribution < 1.29 is 9.53 Å². The van der Waals surface area contributed by atoms with Crippen molar-refractivity contribution in [3.8, 4) is 0 Å². The van der Waals surface area contributed by atoms with Gasteiger partial charge in [0.25, 0.3) is 5.91 Å². The van der Waals surface area contributed by atoms with Gasteiger partial charge in [0.05, 0.1) is 17.9 Å². The summed E-state index contributed by atoms with van der Waals surface area (Å²) in [4.78, 5) is 12.2. The van der Waals surface area contributed by atoms with Crippen LogP contribution in [0.4, 0.5) is 5.69 Å². The number of amides is 1. The number of carbonyl (C=O) groups is 1. The van der Waals surface area contributed by atoms with Gasteiger partial charge in [-0.1, -0.05) is 6.07 Å². The molecule has 2 aromatic rings. The third-order valence-corrected chi connectivity index (χ3v) is 4.18. The molecule has 110 valence electrons. The highest BCUT2D eigenvalue weighted by Gasteiger charge is 2.17. The van der Waals surface area contributed by atoms with Crippen LogP contribution >= 0.6 is 22.6 Å². The molecular weight excluding hydrogens is 381 g/mol. The number of halogens is 1. The second-order valence-electron chi connectivity index (χ2n) is 5.02. The van der Waals surface area contributed by atoms with Crippen molar-refractivity contribution in [2.24, 2.45) is 0 Å². The van der Waals surface area contributed by atoms with Gasteiger partial charge in [0.15, 0.2) is 0 Å². The van der Waals surface area contributed by atoms with Crippen LogP contribution in [0.2, 0.25) is 0 Å². The monoisotopic (exact) mass is 397 g/mol. The van der Waals surface area contributed by atoms with Crippen LogP contribution < -0.4 is 5.32 Å². The fourth-order valence-electron chi connectivity index (χ4n) is 2.38. The van der Waals surface area contributed by atoms with Crippen molar-refractivity contribution in [2.75, 3.05) is 18.5 Å². The summed E-state index contributed by atoms with van der Waals surface area (Å²) in [6.45, 7) is 1.54. The SMILES string of the molecule is O=C(Nc1cnn(C2CCOCC2)c1)c1cccc(I)c1. The number of nitrogens with one attached hydrogen (secondary N) is 1. The number of nitrogens with zero attached hydrogens (tertiary/aromatic N) is 2. The Morgan fingerprint density at radius 3 is 2.95 bits per heavy atom. The first-order valence-corrected chi connectivity index (χ1v) is 7.99. The topological polar surface area (TPSA) is 56.2 Å². The van der Waals surface area contributed by atoms with Gasteiger partial charge < -0.3 is 10.1 Å². The lowest BCUT2D eigenvalue weighted by Crippen LogP contribution is -2.19. The maximum absolute atomic E-state index is 12.2. The smallest absolute Gasteiger partial charge is 0.255 e. The van der Waals surface area contributed by atoms with Gasteiger partial charge in [-0.15, -0.1) is 0 Å². The van der Waals surface area contributed by atoms with Crippen LogP contribution in [0.1, 0.15) is 29.2 Å². The molecule has 5 nitrogen and oxygen atoms in total. The number of anilines is 1. The number of rotatable bonds is 3. The van der Waals surface area contributed by atoms with Crippen LogP contribution in [0.5, 0.6) is 0 Å². The molecule has 0 spiro atoms. The Kier molecular flexibility index (Phi) is 4.54. The standard InChI is InChI=1S/C15H16IN3O2/c16-12-3-1-2-11(8-12)15(20)18-13-9-17-19(10-13)14-4-6-21-7-5-14/h1-3,8-10,14H,4-7H2,(H,18,20). The molecule has 21 heavy (non-hydrogen) atoms. The number of hydrogen-bond acceptors (Lipinski definition) is 3. The molecule has 1 aliphatic heterocycles. The van der Waals surface area contributed by atoms with Gasteiger partial charge >= 0.3 is 0 Å². The second kappa shape index (κ2) is 6.57. The van der Waals surface area contributed by atoms with Gasteiger partial charge in [-0.05, 0) is 53.6 Å². The maximum Gasteiger partial charge on any atom is 0.255 e. The van der Waals surface area contributed by atoms with E-state index in [9.17, 15) is 4.79 Å². The Balaban J connectivity index is 1.68. The van der Waals surface area contributed by atoms with Crippen molar-refractivity contribution >= 4 is 34.2 Å². The molecule has 1 aromatic carbocycles. The molecule has 0 radical (unpaired) electrons. The number of hydrogen-bond donors (Lipinski definition) is 1. The number of aromatic nitrogens is 2. The van der Waals surface area contributed by atoms with Gasteiger partial charge in [0, 0.05) is 28.5 Å². The summed E-state index contributed by atoms with van der Waals surface area (Å²) in [5, 5.41) is 7.24. The van der Waals surface area contributed by atoms with E-state index in [1.807, 2.05) is 29.1 Å². The predicted octanol–water partition coefficient (Wildman–Crippen LogP) is 3.09. The average molecular weight is 397 g/mol. The highest BCUT2D eigenvalue weighted by molar-refractivity contribution is 14.1. The molecule has 1 fully saturated rings. The van der Waals surface area contributed by atoms with E-state index in [-0.39, 0.29) is 5.91 Å². The Labute approximate surface area is 136 Å². The first kappa shape index (κ1) is 14.5. The zero-order chi connectivity index (χ0) is 14.7. The fourth-order valence-corrected chi connectivity index (χ4v) is 2.93. The van der Waals surface area contributed by atoms with Gasteiger partial charge in [-0.3, -0.25) is 9.48 Å². The minimum atomic E-state index is -0.111. The minimum absolute atomic E-state index is 0.111. The quantitative estimate of drug-likeness (QED) is 0.811. The van der Waals surface area contributed by atoms with E-state index >= 15 is 0 Å². The van der Waals surface area contributed by atoms with E-state index in [4.69, 9.17) is 4.74 Å². The second-order valence-corrected chi connectivity index (χ2v) is 6.26. The number of carbonyl (C=O) groups excluding carboxylic acids is 1. The third-order valence-electron chi connectivity index (χ3n) is 3.51. The van der Waals surface area contributed by atoms with Crippen LogP contribution in [0.15, 0.2) is 36.7 Å². The number of ether oxygens (including phenoxy) is 1. The molecule has 3 rings (SSSR count). The third kappa shape index (κ3) is 3.62. The average Bonchev–Trinajstić information content (AvgIpc) is 2.97. The normalized spacial score (nSPS) is 15.9. The molecule has 1 N–H and O–H groups in total. The molecule has 6 heteroatoms. The summed E-state index contributed by atoms with van der Waals surface area (Å²) in [6.07, 6.45) is 5.51. The Morgan fingerprint density at radius 1 is 1.38 bits per heavy atom. The molecule has 1 saturated heterocycles. The Morgan fingerprint density at radius 2 is 2.19 bits per heavy atom. The molecule has 0 unspecified atom stereocenters. The van der Waals surface area contributed by atoms with E-state index in [1.165, 1.54) is 0 Å². The van der Waals surface area contributed by atoms with Crippen LogP contribution in [-0.2, 0) is 4.74 Å². The Bertz CT molecular complexity index is 635. The highest BCUT2D eigenvalue weighted by Crippen LogP contribution is 2.21. The first-order chi connectivity index (χ1) is 10.2. The molecule has 1 amide bonds. The summed E-state index contributed by atoms with van der Waals surface area (Å²) in [5.41, 5.74) is 1.38. The summed E-state index contributed by atoms with van der Waals surface area (Å²) >= 11 is 2.19. The van der Waals surface area contributed by atoms with Crippen LogP contribution in [0.25, 0.3) is 0 Å². The van der Waals surface area contributed by atoms with E-state index < -0.39 is 0 Å². The molecule has 0 aliphatic carbocycles. The lowest BCUT2D eigenvalue weighted by Gasteiger charge is -2.22. The van der Waals surface area contributed by atoms with Gasteiger partial charge in [0.2, 0.25) is 0 Å². The lowest BCUT2D eigenvalue weighted by molar-refractivity contribution is 0.0662. The fraction of sp³-hybridized carbons (Fsp3) is 0.333. The van der Waals surface area contributed by atoms with Crippen molar-refractivity contribution in [3.05, 3.63) is 45.8 Å².